The molecule has 6 heteroatoms. The van der Waals surface area contributed by atoms with E-state index in [0.717, 1.165) is 0 Å². The lowest BCUT2D eigenvalue weighted by Gasteiger charge is -2.02. The molecule has 0 aliphatic heterocycles. The number of hydrogen-bond donors (Lipinski definition) is 2. The van der Waals surface area contributed by atoms with Gasteiger partial charge in [0.05, 0.1) is 0 Å². The first-order valence-electron chi connectivity index (χ1n) is 4.21. The maximum Gasteiger partial charge on any atom is 0.354 e. The van der Waals surface area contributed by atoms with E-state index in [4.69, 9.17) is 10.8 Å². The molecule has 2 rings (SSSR count). The van der Waals surface area contributed by atoms with Crippen LogP contribution in [0.2, 0.25) is 0 Å². The topological polar surface area (TPSA) is 102 Å². The van der Waals surface area contributed by atoms with Gasteiger partial charge in [-0.1, -0.05) is 0 Å². The van der Waals surface area contributed by atoms with Gasteiger partial charge in [0.1, 0.15) is 0 Å². The molecule has 0 unspecified atom stereocenters. The van der Waals surface area contributed by atoms with Gasteiger partial charge < -0.3 is 10.8 Å². The van der Waals surface area contributed by atoms with E-state index in [1.165, 1.54) is 6.20 Å². The summed E-state index contributed by atoms with van der Waals surface area (Å²) in [6.07, 6.45) is 1.52. The summed E-state index contributed by atoms with van der Waals surface area (Å²) in [6, 6.07) is 1.67. The highest BCUT2D eigenvalue weighted by molar-refractivity contribution is 5.90. The van der Waals surface area contributed by atoms with Crippen molar-refractivity contribution in [3.8, 4) is 0 Å². The summed E-state index contributed by atoms with van der Waals surface area (Å²) in [6.45, 7) is 1.67. The molecule has 15 heavy (non-hydrogen) atoms. The maximum absolute atomic E-state index is 10.8. The Morgan fingerprint density at radius 2 is 2.20 bits per heavy atom. The summed E-state index contributed by atoms with van der Waals surface area (Å²) in [5.74, 6) is -0.998. The van der Waals surface area contributed by atoms with Crippen molar-refractivity contribution in [3.63, 3.8) is 0 Å². The van der Waals surface area contributed by atoms with Crippen LogP contribution in [0.25, 0.3) is 11.0 Å². The average Bonchev–Trinajstić information content (AvgIpc) is 2.17. The van der Waals surface area contributed by atoms with Crippen LogP contribution in [0.5, 0.6) is 0 Å². The summed E-state index contributed by atoms with van der Waals surface area (Å²) in [7, 11) is 0. The first-order chi connectivity index (χ1) is 7.08. The number of nitrogens with zero attached hydrogens (tertiary/aromatic N) is 3. The zero-order valence-electron chi connectivity index (χ0n) is 7.93. The van der Waals surface area contributed by atoms with Gasteiger partial charge in [-0.05, 0) is 18.6 Å². The van der Waals surface area contributed by atoms with Crippen LogP contribution in [0.1, 0.15) is 16.1 Å². The van der Waals surface area contributed by atoms with Crippen LogP contribution in [-0.2, 0) is 0 Å². The molecule has 2 aromatic rings. The minimum atomic E-state index is -1.08. The summed E-state index contributed by atoms with van der Waals surface area (Å²) in [5, 5.41) is 9.53. The van der Waals surface area contributed by atoms with Crippen molar-refractivity contribution in [1.82, 2.24) is 15.0 Å². The quantitative estimate of drug-likeness (QED) is 0.705. The fourth-order valence-corrected chi connectivity index (χ4v) is 1.30. The van der Waals surface area contributed by atoms with Gasteiger partial charge in [0.25, 0.3) is 0 Å². The average molecular weight is 204 g/mol. The van der Waals surface area contributed by atoms with Gasteiger partial charge in [0.2, 0.25) is 5.95 Å². The number of nitrogen functional groups attached to an aromatic ring is 1. The smallest absolute Gasteiger partial charge is 0.354 e. The number of anilines is 1. The van der Waals surface area contributed by atoms with Crippen LogP contribution < -0.4 is 5.73 Å². The SMILES string of the molecule is Cc1cc2cnc(N)nc2nc1C(=O)O. The van der Waals surface area contributed by atoms with E-state index in [0.29, 0.717) is 16.6 Å². The Bertz CT molecular complexity index is 553. The van der Waals surface area contributed by atoms with Gasteiger partial charge in [-0.25, -0.2) is 14.8 Å². The third-order valence-corrected chi connectivity index (χ3v) is 1.98. The Morgan fingerprint density at radius 3 is 2.87 bits per heavy atom. The molecule has 6 nitrogen and oxygen atoms in total. The molecule has 0 atom stereocenters. The molecule has 0 saturated heterocycles. The minimum absolute atomic E-state index is 0.0133. The predicted octanol–water partition coefficient (Wildman–Crippen LogP) is 0.614. The van der Waals surface area contributed by atoms with Crippen molar-refractivity contribution in [2.45, 2.75) is 6.92 Å². The Hall–Kier alpha value is -2.24. The van der Waals surface area contributed by atoms with E-state index in [2.05, 4.69) is 15.0 Å². The van der Waals surface area contributed by atoms with Crippen molar-refractivity contribution in [1.29, 1.82) is 0 Å². The minimum Gasteiger partial charge on any atom is -0.477 e. The molecule has 3 N–H and O–H groups in total. The molecule has 2 aromatic heterocycles. The van der Waals surface area contributed by atoms with Crippen LogP contribution in [0.3, 0.4) is 0 Å². The van der Waals surface area contributed by atoms with Gasteiger partial charge >= 0.3 is 5.97 Å². The number of nitrogens with two attached hydrogens (primary N) is 1. The lowest BCUT2D eigenvalue weighted by atomic mass is 10.2. The number of carboxylic acid groups (broad SMARTS) is 1. The van der Waals surface area contributed by atoms with Crippen LogP contribution in [0, 0.1) is 6.92 Å². The van der Waals surface area contributed by atoms with E-state index in [1.54, 1.807) is 13.0 Å². The van der Waals surface area contributed by atoms with Gasteiger partial charge in [-0.3, -0.25) is 0 Å². The predicted molar refractivity (Wildman–Crippen MR) is 53.4 cm³/mol. The summed E-state index contributed by atoms with van der Waals surface area (Å²) in [5.41, 5.74) is 6.23. The standard InChI is InChI=1S/C9H8N4O2/c1-4-2-5-3-11-9(10)13-7(5)12-6(4)8(14)15/h2-3H,1H3,(H,14,15)(H2,10,11,12,13). The molecule has 0 saturated carbocycles. The molecule has 0 aliphatic carbocycles. The van der Waals surface area contributed by atoms with Gasteiger partial charge in [0, 0.05) is 11.6 Å². The summed E-state index contributed by atoms with van der Waals surface area (Å²) >= 11 is 0. The Balaban J connectivity index is 2.77. The zero-order chi connectivity index (χ0) is 11.0. The first-order valence-corrected chi connectivity index (χ1v) is 4.21. The highest BCUT2D eigenvalue weighted by Crippen LogP contribution is 2.14. The second-order valence-electron chi connectivity index (χ2n) is 3.10. The molecule has 0 aromatic carbocycles. The molecule has 0 amide bonds. The Morgan fingerprint density at radius 1 is 1.47 bits per heavy atom. The molecule has 0 radical (unpaired) electrons. The number of hydrogen-bond acceptors (Lipinski definition) is 5. The molecule has 0 fully saturated rings. The second kappa shape index (κ2) is 3.16. The monoisotopic (exact) mass is 204 g/mol. The third-order valence-electron chi connectivity index (χ3n) is 1.98. The van der Waals surface area contributed by atoms with Crippen molar-refractivity contribution in [2.75, 3.05) is 5.73 Å². The van der Waals surface area contributed by atoms with Crippen molar-refractivity contribution in [3.05, 3.63) is 23.5 Å². The number of aromatic carboxylic acids is 1. The fourth-order valence-electron chi connectivity index (χ4n) is 1.30. The maximum atomic E-state index is 10.8. The van der Waals surface area contributed by atoms with Crippen LogP contribution in [-0.4, -0.2) is 26.0 Å². The fraction of sp³-hybridized carbons (Fsp3) is 0.111. The Kier molecular flexibility index (Phi) is 1.96. The van der Waals surface area contributed by atoms with Gasteiger partial charge in [0.15, 0.2) is 11.3 Å². The van der Waals surface area contributed by atoms with Gasteiger partial charge in [-0.15, -0.1) is 0 Å². The number of rotatable bonds is 1. The number of aromatic nitrogens is 3. The van der Waals surface area contributed by atoms with Crippen molar-refractivity contribution < 1.29 is 9.90 Å². The lowest BCUT2D eigenvalue weighted by Crippen LogP contribution is -2.05. The second-order valence-corrected chi connectivity index (χ2v) is 3.10. The van der Waals surface area contributed by atoms with Crippen LogP contribution in [0.4, 0.5) is 5.95 Å². The molecular weight excluding hydrogens is 196 g/mol. The highest BCUT2D eigenvalue weighted by atomic mass is 16.4. The number of carbonyl (C=O) groups is 1. The number of aryl methyl sites for hydroxylation is 1. The molecule has 0 aliphatic rings. The van der Waals surface area contributed by atoms with E-state index in [9.17, 15) is 4.79 Å². The zero-order valence-corrected chi connectivity index (χ0v) is 7.93. The molecule has 0 bridgehead atoms. The molecule has 76 valence electrons. The van der Waals surface area contributed by atoms with E-state index in [-0.39, 0.29) is 11.6 Å². The van der Waals surface area contributed by atoms with Crippen LogP contribution in [0.15, 0.2) is 12.3 Å². The third kappa shape index (κ3) is 1.56. The van der Waals surface area contributed by atoms with Crippen LogP contribution >= 0.6 is 0 Å². The lowest BCUT2D eigenvalue weighted by molar-refractivity contribution is 0.0690. The number of fused-ring (bicyclic) bond motifs is 1. The Labute approximate surface area is 84.8 Å². The van der Waals surface area contributed by atoms with Crippen molar-refractivity contribution >= 4 is 23.0 Å². The van der Waals surface area contributed by atoms with E-state index in [1.807, 2.05) is 0 Å². The molecule has 2 heterocycles. The normalized spacial score (nSPS) is 10.5. The van der Waals surface area contributed by atoms with Gasteiger partial charge in [-0.2, -0.15) is 4.98 Å². The molecule has 0 spiro atoms. The first kappa shape index (κ1) is 9.32. The summed E-state index contributed by atoms with van der Waals surface area (Å²) in [4.78, 5) is 22.4. The molecular formula is C9H8N4O2. The van der Waals surface area contributed by atoms with Crippen molar-refractivity contribution in [2.24, 2.45) is 0 Å². The summed E-state index contributed by atoms with van der Waals surface area (Å²) < 4.78 is 0. The highest BCUT2D eigenvalue weighted by Gasteiger charge is 2.11. The van der Waals surface area contributed by atoms with E-state index < -0.39 is 5.97 Å². The number of pyridine rings is 1. The number of carboxylic acids is 1. The largest absolute Gasteiger partial charge is 0.477 e. The van der Waals surface area contributed by atoms with E-state index >= 15 is 0 Å².